The maximum atomic E-state index is 6.47. The maximum Gasteiger partial charge on any atom is 0.0499 e. The molecule has 0 aliphatic heterocycles. The van der Waals surface area contributed by atoms with E-state index in [1.807, 2.05) is 18.2 Å². The molecule has 0 spiro atoms. The molecule has 2 heteroatoms. The summed E-state index contributed by atoms with van der Waals surface area (Å²) in [6, 6.07) is 32.0. The number of hydrogen-bond acceptors (Lipinski definition) is 1. The third-order valence-corrected chi connectivity index (χ3v) is 6.22. The lowest BCUT2D eigenvalue weighted by atomic mass is 9.99. The molecule has 0 unspecified atom stereocenters. The molecule has 0 aliphatic rings. The molecule has 5 rings (SSSR count). The number of rotatable bonds is 2. The first kappa shape index (κ1) is 15.6. The normalized spacial score (nSPS) is 11.3. The molecule has 0 saturated carbocycles. The fraction of sp³-hybridized carbons (Fsp3) is 0. The topological polar surface area (TPSA) is 0 Å². The van der Waals surface area contributed by atoms with Crippen LogP contribution in [0.3, 0.4) is 0 Å². The van der Waals surface area contributed by atoms with Crippen molar-refractivity contribution in [1.29, 1.82) is 0 Å². The van der Waals surface area contributed by atoms with Gasteiger partial charge in [-0.1, -0.05) is 78.3 Å². The second-order valence-corrected chi connectivity index (χ2v) is 7.86. The highest BCUT2D eigenvalue weighted by Crippen LogP contribution is 2.39. The number of benzene rings is 4. The predicted molar refractivity (Wildman–Crippen MR) is 115 cm³/mol. The van der Waals surface area contributed by atoms with Crippen molar-refractivity contribution in [2.45, 2.75) is 0 Å². The summed E-state index contributed by atoms with van der Waals surface area (Å²) >= 11 is 8.27. The van der Waals surface area contributed by atoms with E-state index in [-0.39, 0.29) is 0 Å². The minimum atomic E-state index is 0.824. The average molecular weight is 371 g/mol. The van der Waals surface area contributed by atoms with Gasteiger partial charge < -0.3 is 0 Å². The van der Waals surface area contributed by atoms with Gasteiger partial charge in [0, 0.05) is 25.2 Å². The minimum absolute atomic E-state index is 0.824. The van der Waals surface area contributed by atoms with Crippen LogP contribution in [0.1, 0.15) is 0 Å². The Balaban J connectivity index is 1.61. The number of halogens is 1. The van der Waals surface area contributed by atoms with Crippen LogP contribution in [0.4, 0.5) is 0 Å². The van der Waals surface area contributed by atoms with Crippen LogP contribution in [0.5, 0.6) is 0 Å². The Morgan fingerprint density at radius 3 is 1.96 bits per heavy atom. The molecule has 26 heavy (non-hydrogen) atoms. The van der Waals surface area contributed by atoms with E-state index < -0.39 is 0 Å². The Kier molecular flexibility index (Phi) is 3.77. The molecule has 0 bridgehead atoms. The lowest BCUT2D eigenvalue weighted by Gasteiger charge is -2.06. The van der Waals surface area contributed by atoms with Gasteiger partial charge in [-0.05, 0) is 46.5 Å². The largest absolute Gasteiger partial charge is 0.135 e. The van der Waals surface area contributed by atoms with Gasteiger partial charge in [0.2, 0.25) is 0 Å². The summed E-state index contributed by atoms with van der Waals surface area (Å²) < 4.78 is 2.52. The summed E-state index contributed by atoms with van der Waals surface area (Å²) in [4.78, 5) is 0. The second-order valence-electron chi connectivity index (χ2n) is 6.37. The molecule has 0 amide bonds. The van der Waals surface area contributed by atoms with E-state index in [9.17, 15) is 0 Å². The van der Waals surface area contributed by atoms with Crippen LogP contribution in [-0.2, 0) is 0 Å². The predicted octanol–water partition coefficient (Wildman–Crippen LogP) is 8.04. The molecule has 1 heterocycles. The molecule has 0 fully saturated rings. The molecule has 0 saturated heterocycles. The maximum absolute atomic E-state index is 6.47. The summed E-state index contributed by atoms with van der Waals surface area (Å²) in [6.45, 7) is 0. The molecule has 124 valence electrons. The lowest BCUT2D eigenvalue weighted by Crippen LogP contribution is -1.80. The molecule has 0 radical (unpaired) electrons. The highest BCUT2D eigenvalue weighted by molar-refractivity contribution is 7.26. The monoisotopic (exact) mass is 370 g/mol. The highest BCUT2D eigenvalue weighted by atomic mass is 35.5. The number of hydrogen-bond donors (Lipinski definition) is 0. The highest BCUT2D eigenvalue weighted by Gasteiger charge is 2.09. The van der Waals surface area contributed by atoms with Gasteiger partial charge in [-0.2, -0.15) is 0 Å². The smallest absolute Gasteiger partial charge is 0.0499 e. The third kappa shape index (κ3) is 2.61. The molecular weight excluding hydrogens is 356 g/mol. The van der Waals surface area contributed by atoms with Crippen LogP contribution in [0.15, 0.2) is 91.0 Å². The lowest BCUT2D eigenvalue weighted by molar-refractivity contribution is 1.60. The first-order valence-corrected chi connectivity index (χ1v) is 9.76. The van der Waals surface area contributed by atoms with Crippen molar-refractivity contribution in [1.82, 2.24) is 0 Å². The Hall–Kier alpha value is -2.61. The van der Waals surface area contributed by atoms with E-state index in [0.717, 1.165) is 10.4 Å². The van der Waals surface area contributed by atoms with Crippen molar-refractivity contribution in [3.63, 3.8) is 0 Å². The Labute approximate surface area is 161 Å². The fourth-order valence-electron chi connectivity index (χ4n) is 3.45. The van der Waals surface area contributed by atoms with E-state index >= 15 is 0 Å². The molecule has 5 aromatic rings. The van der Waals surface area contributed by atoms with E-state index in [4.69, 9.17) is 11.6 Å². The second kappa shape index (κ2) is 6.28. The summed E-state index contributed by atoms with van der Waals surface area (Å²) in [6.07, 6.45) is 0. The molecule has 0 nitrogen and oxygen atoms in total. The minimum Gasteiger partial charge on any atom is -0.135 e. The molecular formula is C24H15ClS. The van der Waals surface area contributed by atoms with Crippen LogP contribution in [0.25, 0.3) is 42.4 Å². The van der Waals surface area contributed by atoms with E-state index in [2.05, 4.69) is 72.8 Å². The first-order valence-electron chi connectivity index (χ1n) is 8.56. The third-order valence-electron chi connectivity index (χ3n) is 4.77. The van der Waals surface area contributed by atoms with Crippen LogP contribution in [-0.4, -0.2) is 0 Å². The van der Waals surface area contributed by atoms with E-state index in [1.54, 1.807) is 11.3 Å². The first-order chi connectivity index (χ1) is 12.8. The fourth-order valence-corrected chi connectivity index (χ4v) is 4.89. The van der Waals surface area contributed by atoms with E-state index in [1.165, 1.54) is 37.0 Å². The van der Waals surface area contributed by atoms with Gasteiger partial charge >= 0.3 is 0 Å². The molecule has 0 aliphatic carbocycles. The summed E-state index contributed by atoms with van der Waals surface area (Å²) in [7, 11) is 0. The molecule has 4 aromatic carbocycles. The van der Waals surface area contributed by atoms with Gasteiger partial charge in [-0.15, -0.1) is 11.3 Å². The van der Waals surface area contributed by atoms with Gasteiger partial charge in [0.1, 0.15) is 0 Å². The van der Waals surface area contributed by atoms with Crippen LogP contribution < -0.4 is 0 Å². The van der Waals surface area contributed by atoms with Crippen molar-refractivity contribution in [2.24, 2.45) is 0 Å². The Morgan fingerprint density at radius 2 is 1.19 bits per heavy atom. The Bertz CT molecular complexity index is 1220. The zero-order valence-corrected chi connectivity index (χ0v) is 15.5. The SMILES string of the molecule is Clc1cccc2sc3ccc(-c4ccc(-c5ccccc5)cc4)cc3c12. The van der Waals surface area contributed by atoms with Crippen LogP contribution in [0, 0.1) is 0 Å². The van der Waals surface area contributed by atoms with Gasteiger partial charge in [0.15, 0.2) is 0 Å². The number of fused-ring (bicyclic) bond motifs is 3. The Morgan fingerprint density at radius 1 is 0.538 bits per heavy atom. The molecule has 0 atom stereocenters. The molecule has 0 N–H and O–H groups in total. The zero-order chi connectivity index (χ0) is 17.5. The van der Waals surface area contributed by atoms with Crippen molar-refractivity contribution in [3.8, 4) is 22.3 Å². The van der Waals surface area contributed by atoms with Gasteiger partial charge in [-0.25, -0.2) is 0 Å². The van der Waals surface area contributed by atoms with Crippen LogP contribution >= 0.6 is 22.9 Å². The zero-order valence-electron chi connectivity index (χ0n) is 13.9. The van der Waals surface area contributed by atoms with Gasteiger partial charge in [0.05, 0.1) is 0 Å². The summed E-state index contributed by atoms with van der Waals surface area (Å²) in [5.41, 5.74) is 4.92. The van der Waals surface area contributed by atoms with Crippen molar-refractivity contribution in [2.75, 3.05) is 0 Å². The average Bonchev–Trinajstić information content (AvgIpc) is 3.08. The molecule has 1 aromatic heterocycles. The number of thiophene rings is 1. The summed E-state index contributed by atoms with van der Waals surface area (Å²) in [5, 5.41) is 3.22. The van der Waals surface area contributed by atoms with Crippen molar-refractivity contribution >= 4 is 43.1 Å². The van der Waals surface area contributed by atoms with E-state index in [0.29, 0.717) is 0 Å². The van der Waals surface area contributed by atoms with Gasteiger partial charge in [0.25, 0.3) is 0 Å². The van der Waals surface area contributed by atoms with Crippen molar-refractivity contribution < 1.29 is 0 Å². The van der Waals surface area contributed by atoms with Gasteiger partial charge in [-0.3, -0.25) is 0 Å². The van der Waals surface area contributed by atoms with Crippen molar-refractivity contribution in [3.05, 3.63) is 96.0 Å². The summed E-state index contributed by atoms with van der Waals surface area (Å²) in [5.74, 6) is 0. The quantitative estimate of drug-likeness (QED) is 0.295. The standard InChI is InChI=1S/C24H15ClS/c25-21-7-4-8-23-24(21)20-15-19(13-14-22(20)26-23)18-11-9-17(10-12-18)16-5-2-1-3-6-16/h1-15H. The van der Waals surface area contributed by atoms with Crippen LogP contribution in [0.2, 0.25) is 5.02 Å².